The Bertz CT molecular complexity index is 1070. The first kappa shape index (κ1) is 31.3. The quantitative estimate of drug-likeness (QED) is 0.261. The first-order valence-electron chi connectivity index (χ1n) is 13.1. The van der Waals surface area contributed by atoms with Crippen molar-refractivity contribution < 1.29 is 37.8 Å². The summed E-state index contributed by atoms with van der Waals surface area (Å²) < 4.78 is 24.4. The van der Waals surface area contributed by atoms with E-state index in [1.807, 2.05) is 13.8 Å². The van der Waals surface area contributed by atoms with Crippen LogP contribution in [0.3, 0.4) is 0 Å². The highest BCUT2D eigenvalue weighted by Gasteiger charge is 2.53. The molecule has 0 aliphatic carbocycles. The van der Waals surface area contributed by atoms with Crippen LogP contribution in [0.1, 0.15) is 69.2 Å². The number of imide groups is 1. The molecule has 0 saturated carbocycles. The maximum absolute atomic E-state index is 13.2. The van der Waals surface area contributed by atoms with Gasteiger partial charge in [-0.05, 0) is 30.3 Å². The molecule has 2 aliphatic heterocycles. The fraction of sp³-hybridized carbons (Fsp3) is 0.630. The second-order valence-electron chi connectivity index (χ2n) is 11.6. The topological polar surface area (TPSA) is 120 Å². The lowest BCUT2D eigenvalue weighted by Crippen LogP contribution is -2.68. The van der Waals surface area contributed by atoms with Crippen LogP contribution in [0.5, 0.6) is 0 Å². The summed E-state index contributed by atoms with van der Waals surface area (Å²) in [7, 11) is -2.22. The Morgan fingerprint density at radius 3 is 2.00 bits per heavy atom. The van der Waals surface area contributed by atoms with Crippen LogP contribution in [-0.4, -0.2) is 78.7 Å². The van der Waals surface area contributed by atoms with Gasteiger partial charge in [0, 0.05) is 19.1 Å². The number of carbonyl (C=O) groups excluding carboxylic acids is 4. The minimum atomic E-state index is -2.22. The van der Waals surface area contributed by atoms with Crippen molar-refractivity contribution in [3.8, 4) is 0 Å². The molecule has 0 bridgehead atoms. The molecule has 0 radical (unpaired) electrons. The Hall–Kier alpha value is -2.25. The standard InChI is InChI=1S/C27H40N2O8SSi/c1-15(2)38-26-21(28-29-24(32)18-12-10-11-13-19(18)25(29)33)23(36-17(4)31)22(35-16(3)30)20(37-26)14-34-39(8,9)27(5,6)7/h10-13,15,20-23,26,28H,14H2,1-9H3/t20-,21-,22-,23-,26+/m1/s1. The van der Waals surface area contributed by atoms with Gasteiger partial charge in [0.15, 0.2) is 20.5 Å². The number of fused-ring (bicyclic) bond motifs is 1. The number of amides is 2. The fourth-order valence-electron chi connectivity index (χ4n) is 4.19. The monoisotopic (exact) mass is 580 g/mol. The van der Waals surface area contributed by atoms with Crippen LogP contribution in [0.15, 0.2) is 24.3 Å². The summed E-state index contributed by atoms with van der Waals surface area (Å²) in [5.41, 5.74) is 2.83. The summed E-state index contributed by atoms with van der Waals surface area (Å²) >= 11 is 1.44. The second kappa shape index (κ2) is 12.1. The zero-order valence-corrected chi connectivity index (χ0v) is 25.9. The molecular formula is C27H40N2O8SSi. The Balaban J connectivity index is 2.00. The number of benzene rings is 1. The average molecular weight is 581 g/mol. The van der Waals surface area contributed by atoms with Gasteiger partial charge in [-0.3, -0.25) is 19.2 Å². The molecule has 5 atom stereocenters. The van der Waals surface area contributed by atoms with Gasteiger partial charge in [0.25, 0.3) is 11.8 Å². The molecule has 1 aromatic rings. The largest absolute Gasteiger partial charge is 0.457 e. The molecule has 1 fully saturated rings. The number of hydrogen-bond donors (Lipinski definition) is 1. The average Bonchev–Trinajstić information content (AvgIpc) is 3.05. The van der Waals surface area contributed by atoms with E-state index < -0.39 is 61.9 Å². The van der Waals surface area contributed by atoms with Crippen molar-refractivity contribution in [1.29, 1.82) is 0 Å². The minimum Gasteiger partial charge on any atom is -0.457 e. The lowest BCUT2D eigenvalue weighted by molar-refractivity contribution is -0.211. The van der Waals surface area contributed by atoms with Crippen molar-refractivity contribution in [2.75, 3.05) is 6.61 Å². The number of ether oxygens (including phenoxy) is 3. The van der Waals surface area contributed by atoms with Crippen LogP contribution in [0, 0.1) is 0 Å². The number of rotatable bonds is 9. The zero-order chi connectivity index (χ0) is 29.3. The van der Waals surface area contributed by atoms with E-state index in [4.69, 9.17) is 18.6 Å². The number of thioether (sulfide) groups is 1. The van der Waals surface area contributed by atoms with Gasteiger partial charge in [0.2, 0.25) is 0 Å². The molecule has 1 aromatic carbocycles. The van der Waals surface area contributed by atoms with Crippen molar-refractivity contribution in [1.82, 2.24) is 10.4 Å². The Morgan fingerprint density at radius 2 is 1.54 bits per heavy atom. The van der Waals surface area contributed by atoms with E-state index >= 15 is 0 Å². The fourth-order valence-corrected chi connectivity index (χ4v) is 6.33. The molecule has 0 aromatic heterocycles. The third-order valence-electron chi connectivity index (χ3n) is 7.14. The molecule has 0 unspecified atom stereocenters. The Kier molecular flexibility index (Phi) is 9.70. The van der Waals surface area contributed by atoms with Crippen LogP contribution >= 0.6 is 11.8 Å². The van der Waals surface area contributed by atoms with E-state index in [2.05, 4.69) is 39.3 Å². The van der Waals surface area contributed by atoms with E-state index in [9.17, 15) is 19.2 Å². The van der Waals surface area contributed by atoms with Gasteiger partial charge < -0.3 is 18.6 Å². The number of carbonyl (C=O) groups is 4. The predicted molar refractivity (Wildman–Crippen MR) is 150 cm³/mol. The highest BCUT2D eigenvalue weighted by molar-refractivity contribution is 8.00. The molecule has 216 valence electrons. The van der Waals surface area contributed by atoms with Gasteiger partial charge in [0.05, 0.1) is 17.7 Å². The molecule has 0 spiro atoms. The molecule has 2 amide bonds. The lowest BCUT2D eigenvalue weighted by Gasteiger charge is -2.47. The van der Waals surface area contributed by atoms with Crippen molar-refractivity contribution in [3.63, 3.8) is 0 Å². The van der Waals surface area contributed by atoms with Gasteiger partial charge in [-0.1, -0.05) is 46.8 Å². The molecule has 3 rings (SSSR count). The second-order valence-corrected chi connectivity index (χ2v) is 18.1. The first-order valence-corrected chi connectivity index (χ1v) is 16.9. The maximum Gasteiger partial charge on any atom is 0.303 e. The first-order chi connectivity index (χ1) is 18.0. The van der Waals surface area contributed by atoms with Crippen LogP contribution < -0.4 is 5.43 Å². The summed E-state index contributed by atoms with van der Waals surface area (Å²) in [4.78, 5) is 50.8. The smallest absolute Gasteiger partial charge is 0.303 e. The predicted octanol–water partition coefficient (Wildman–Crippen LogP) is 3.91. The summed E-state index contributed by atoms with van der Waals surface area (Å²) in [6.45, 7) is 17.1. The Labute approximate surface area is 235 Å². The lowest BCUT2D eigenvalue weighted by atomic mass is 9.97. The van der Waals surface area contributed by atoms with Gasteiger partial charge >= 0.3 is 11.9 Å². The number of nitrogens with one attached hydrogen (secondary N) is 1. The molecule has 10 nitrogen and oxygen atoms in total. The van der Waals surface area contributed by atoms with Crippen LogP contribution in [-0.2, 0) is 28.2 Å². The third kappa shape index (κ3) is 7.10. The van der Waals surface area contributed by atoms with E-state index in [0.717, 1.165) is 5.01 Å². The van der Waals surface area contributed by atoms with Gasteiger partial charge in [0.1, 0.15) is 17.6 Å². The normalized spacial score (nSPS) is 25.6. The van der Waals surface area contributed by atoms with Crippen molar-refractivity contribution in [2.45, 2.75) is 102 Å². The minimum absolute atomic E-state index is 0.0739. The van der Waals surface area contributed by atoms with Crippen LogP contribution in [0.25, 0.3) is 0 Å². The summed E-state index contributed by atoms with van der Waals surface area (Å²) in [5.74, 6) is -2.26. The zero-order valence-electron chi connectivity index (χ0n) is 24.1. The summed E-state index contributed by atoms with van der Waals surface area (Å²) in [6, 6.07) is 5.61. The van der Waals surface area contributed by atoms with Crippen molar-refractivity contribution in [2.24, 2.45) is 0 Å². The molecular weight excluding hydrogens is 540 g/mol. The number of nitrogens with zero attached hydrogens (tertiary/aromatic N) is 1. The van der Waals surface area contributed by atoms with Gasteiger partial charge in [-0.25, -0.2) is 10.4 Å². The van der Waals surface area contributed by atoms with Crippen LogP contribution in [0.2, 0.25) is 18.1 Å². The molecule has 2 aliphatic rings. The van der Waals surface area contributed by atoms with Crippen molar-refractivity contribution in [3.05, 3.63) is 35.4 Å². The summed E-state index contributed by atoms with van der Waals surface area (Å²) in [5, 5.41) is 0.919. The SMILES string of the molecule is CC(=O)O[C@@H]1[C@@H](NN2C(=O)c3ccccc3C2=O)[C@H](SC(C)C)O[C@H](CO[Si](C)(C)C(C)(C)C)[C@H]1OC(C)=O. The number of hydrazine groups is 1. The molecule has 2 heterocycles. The van der Waals surface area contributed by atoms with E-state index in [1.54, 1.807) is 24.3 Å². The molecule has 1 saturated heterocycles. The maximum atomic E-state index is 13.2. The highest BCUT2D eigenvalue weighted by Crippen LogP contribution is 2.39. The molecule has 1 N–H and O–H groups in total. The number of hydrogen-bond acceptors (Lipinski definition) is 10. The van der Waals surface area contributed by atoms with Crippen LogP contribution in [0.4, 0.5) is 0 Å². The molecule has 39 heavy (non-hydrogen) atoms. The highest BCUT2D eigenvalue weighted by atomic mass is 32.2. The Morgan fingerprint density at radius 1 is 1.03 bits per heavy atom. The molecule has 12 heteroatoms. The van der Waals surface area contributed by atoms with E-state index in [1.165, 1.54) is 25.6 Å². The van der Waals surface area contributed by atoms with E-state index in [0.29, 0.717) is 0 Å². The van der Waals surface area contributed by atoms with Gasteiger partial charge in [-0.2, -0.15) is 0 Å². The van der Waals surface area contributed by atoms with Crippen molar-refractivity contribution >= 4 is 43.8 Å². The third-order valence-corrected chi connectivity index (χ3v) is 12.9. The van der Waals surface area contributed by atoms with E-state index in [-0.39, 0.29) is 28.0 Å². The summed E-state index contributed by atoms with van der Waals surface area (Å²) in [6.07, 6.45) is -2.88. The number of esters is 2. The van der Waals surface area contributed by atoms with Gasteiger partial charge in [-0.15, -0.1) is 11.8 Å².